The van der Waals surface area contributed by atoms with Gasteiger partial charge in [0.2, 0.25) is 5.12 Å². The maximum absolute atomic E-state index is 12.8. The summed E-state index contributed by atoms with van der Waals surface area (Å²) in [5, 5.41) is -0.0661. The minimum Gasteiger partial charge on any atom is -0.494 e. The first-order valence-electron chi connectivity index (χ1n) is 14.3. The first-order valence-corrected chi connectivity index (χ1v) is 15.2. The molecule has 0 spiro atoms. The topological polar surface area (TPSA) is 78.9 Å². The van der Waals surface area contributed by atoms with Crippen LogP contribution in [0.25, 0.3) is 0 Å². The molecule has 4 aromatic rings. The molecule has 0 saturated carbocycles. The molecule has 4 rings (SSSR count). The third-order valence-corrected chi connectivity index (χ3v) is 7.13. The van der Waals surface area contributed by atoms with E-state index in [4.69, 9.17) is 14.2 Å². The van der Waals surface area contributed by atoms with Gasteiger partial charge in [0.25, 0.3) is 0 Å². The van der Waals surface area contributed by atoms with Crippen LogP contribution in [0.15, 0.2) is 127 Å². The van der Waals surface area contributed by atoms with Crippen LogP contribution in [0.1, 0.15) is 45.5 Å². The van der Waals surface area contributed by atoms with Crippen LogP contribution in [0.5, 0.6) is 11.5 Å². The van der Waals surface area contributed by atoms with Crippen molar-refractivity contribution < 1.29 is 28.6 Å². The van der Waals surface area contributed by atoms with Gasteiger partial charge >= 0.3 is 11.9 Å². The Morgan fingerprint density at radius 3 is 1.57 bits per heavy atom. The molecule has 0 fully saturated rings. The number of rotatable bonds is 11. The first kappa shape index (κ1) is 33.1. The molecule has 46 heavy (non-hydrogen) atoms. The van der Waals surface area contributed by atoms with E-state index >= 15 is 0 Å². The Labute approximate surface area is 273 Å². The Bertz CT molecular complexity index is 1800. The molecule has 0 bridgehead atoms. The van der Waals surface area contributed by atoms with Crippen molar-refractivity contribution in [3.8, 4) is 35.2 Å². The zero-order valence-electron chi connectivity index (χ0n) is 25.0. The second-order valence-electron chi connectivity index (χ2n) is 9.59. The number of hydrogen-bond acceptors (Lipinski definition) is 7. The van der Waals surface area contributed by atoms with Crippen LogP contribution in [0, 0.1) is 23.7 Å². The van der Waals surface area contributed by atoms with E-state index in [0.717, 1.165) is 57.5 Å². The maximum Gasteiger partial charge on any atom is 0.335 e. The van der Waals surface area contributed by atoms with Gasteiger partial charge in [-0.1, -0.05) is 36.8 Å². The fraction of sp³-hybridized carbons (Fsp3) is 0.103. The Kier molecular flexibility index (Phi) is 12.6. The van der Waals surface area contributed by atoms with Gasteiger partial charge in [-0.2, -0.15) is 0 Å². The van der Waals surface area contributed by atoms with Gasteiger partial charge in [0.05, 0.1) is 13.2 Å². The lowest BCUT2D eigenvalue weighted by molar-refractivity contribution is -0.137. The average Bonchev–Trinajstić information content (AvgIpc) is 3.09. The van der Waals surface area contributed by atoms with Crippen molar-refractivity contribution in [2.75, 3.05) is 13.2 Å². The van der Waals surface area contributed by atoms with Crippen LogP contribution in [0.2, 0.25) is 0 Å². The minimum absolute atomic E-state index is 0.0661. The number of thioether (sulfide) groups is 1. The molecule has 0 aromatic heterocycles. The molecule has 228 valence electrons. The van der Waals surface area contributed by atoms with E-state index in [1.165, 1.54) is 0 Å². The number of hydrogen-bond donors (Lipinski definition) is 0. The quantitative estimate of drug-likeness (QED) is 0.0429. The maximum atomic E-state index is 12.8. The highest BCUT2D eigenvalue weighted by Crippen LogP contribution is 2.24. The molecular weight excluding hydrogens is 596 g/mol. The molecule has 0 N–H and O–H groups in total. The first-order chi connectivity index (χ1) is 22.4. The Hall–Kier alpha value is -5.76. The number of benzene rings is 4. The van der Waals surface area contributed by atoms with Gasteiger partial charge in [-0.3, -0.25) is 4.79 Å². The number of ether oxygens (including phenoxy) is 3. The van der Waals surface area contributed by atoms with Crippen molar-refractivity contribution in [2.24, 2.45) is 0 Å². The van der Waals surface area contributed by atoms with Crippen molar-refractivity contribution in [3.05, 3.63) is 150 Å². The highest BCUT2D eigenvalue weighted by atomic mass is 32.2. The van der Waals surface area contributed by atoms with E-state index < -0.39 is 11.9 Å². The highest BCUT2D eigenvalue weighted by molar-refractivity contribution is 8.14. The lowest BCUT2D eigenvalue weighted by atomic mass is 10.1. The zero-order chi connectivity index (χ0) is 32.6. The van der Waals surface area contributed by atoms with Gasteiger partial charge in [-0.25, -0.2) is 9.59 Å². The van der Waals surface area contributed by atoms with Crippen LogP contribution in [0.3, 0.4) is 0 Å². The van der Waals surface area contributed by atoms with Crippen LogP contribution in [-0.4, -0.2) is 30.3 Å². The van der Waals surface area contributed by atoms with Gasteiger partial charge in [-0.15, -0.1) is 0 Å². The van der Waals surface area contributed by atoms with Gasteiger partial charge in [0.1, 0.15) is 11.5 Å². The van der Waals surface area contributed by atoms with E-state index in [2.05, 4.69) is 36.8 Å². The third kappa shape index (κ3) is 11.1. The monoisotopic (exact) mass is 626 g/mol. The fourth-order valence-corrected chi connectivity index (χ4v) is 4.52. The lowest BCUT2D eigenvalue weighted by Gasteiger charge is -2.07. The van der Waals surface area contributed by atoms with Crippen LogP contribution < -0.4 is 9.47 Å². The predicted molar refractivity (Wildman–Crippen MR) is 180 cm³/mol. The minimum atomic E-state index is -0.507. The molecule has 4 aromatic carbocycles. The van der Waals surface area contributed by atoms with E-state index in [-0.39, 0.29) is 5.12 Å². The molecule has 0 aliphatic heterocycles. The molecular formula is C39H30O6S. The molecule has 6 nitrogen and oxygen atoms in total. The number of unbranched alkanes of at least 4 members (excludes halogenated alkanes) is 1. The third-order valence-electron chi connectivity index (χ3n) is 6.20. The Balaban J connectivity index is 1.23. The van der Waals surface area contributed by atoms with Gasteiger partial charge < -0.3 is 14.2 Å². The molecule has 0 heterocycles. The van der Waals surface area contributed by atoms with Crippen LogP contribution in [-0.2, 0) is 14.3 Å². The molecule has 0 aliphatic carbocycles. The Morgan fingerprint density at radius 2 is 1.04 bits per heavy atom. The van der Waals surface area contributed by atoms with Crippen molar-refractivity contribution in [1.82, 2.24) is 0 Å². The number of carbonyl (C=O) groups excluding carboxylic acids is 3. The SMILES string of the molecule is C=CC(=O)OCCCCOc1ccc(C(=O)Sc2ccc(C#Cc3ccc(C#Cc4ccc(OC(=O)C=C)cc4)cc3)cc2)cc1. The summed E-state index contributed by atoms with van der Waals surface area (Å²) in [4.78, 5) is 35.9. The standard InChI is InChI=1S/C39H30O6S/c1-3-37(40)44-28-6-5-27-43-34-23-19-33(20-24-34)39(42)46-36-25-17-32(18-26-36)14-12-30-9-7-29(8-10-30)11-13-31-15-21-35(22-16-31)45-38(41)4-2/h3-4,7-10,15-26H,1-2,5-6,27-28H2. The molecule has 0 aliphatic rings. The molecule has 0 atom stereocenters. The normalized spacial score (nSPS) is 9.83. The molecule has 0 unspecified atom stereocenters. The smallest absolute Gasteiger partial charge is 0.335 e. The summed E-state index contributed by atoms with van der Waals surface area (Å²) in [5.74, 6) is 12.7. The summed E-state index contributed by atoms with van der Waals surface area (Å²) in [6.07, 6.45) is 3.68. The average molecular weight is 627 g/mol. The number of esters is 2. The van der Waals surface area contributed by atoms with E-state index in [1.54, 1.807) is 48.5 Å². The summed E-state index contributed by atoms with van der Waals surface area (Å²) in [7, 11) is 0. The van der Waals surface area contributed by atoms with Gasteiger partial charge in [-0.05, 0) is 122 Å². The van der Waals surface area contributed by atoms with Crippen molar-refractivity contribution in [1.29, 1.82) is 0 Å². The largest absolute Gasteiger partial charge is 0.494 e. The van der Waals surface area contributed by atoms with Crippen LogP contribution in [0.4, 0.5) is 0 Å². The molecule has 0 radical (unpaired) electrons. The summed E-state index contributed by atoms with van der Waals surface area (Å²) < 4.78 is 15.7. The van der Waals surface area contributed by atoms with Gasteiger partial charge in [0, 0.05) is 44.9 Å². The van der Waals surface area contributed by atoms with E-state index in [9.17, 15) is 14.4 Å². The Morgan fingerprint density at radius 1 is 0.587 bits per heavy atom. The van der Waals surface area contributed by atoms with Gasteiger partial charge in [0.15, 0.2) is 0 Å². The van der Waals surface area contributed by atoms with Crippen LogP contribution >= 0.6 is 11.8 Å². The molecule has 7 heteroatoms. The highest BCUT2D eigenvalue weighted by Gasteiger charge is 2.09. The summed E-state index contributed by atoms with van der Waals surface area (Å²) in [5.41, 5.74) is 3.91. The van der Waals surface area contributed by atoms with Crippen molar-refractivity contribution in [3.63, 3.8) is 0 Å². The second-order valence-corrected chi connectivity index (χ2v) is 10.6. The summed E-state index contributed by atoms with van der Waals surface area (Å²) >= 11 is 1.15. The van der Waals surface area contributed by atoms with Crippen molar-refractivity contribution >= 4 is 28.8 Å². The number of carbonyl (C=O) groups is 3. The summed E-state index contributed by atoms with van der Waals surface area (Å²) in [6.45, 7) is 7.55. The van der Waals surface area contributed by atoms with E-state index in [1.807, 2.05) is 48.5 Å². The fourth-order valence-electron chi connectivity index (χ4n) is 3.78. The van der Waals surface area contributed by atoms with Crippen molar-refractivity contribution in [2.45, 2.75) is 17.7 Å². The molecule has 0 amide bonds. The van der Waals surface area contributed by atoms with E-state index in [0.29, 0.717) is 36.7 Å². The second kappa shape index (κ2) is 17.5. The predicted octanol–water partition coefficient (Wildman–Crippen LogP) is 7.40. The lowest BCUT2D eigenvalue weighted by Crippen LogP contribution is -2.04. The molecule has 0 saturated heterocycles. The summed E-state index contributed by atoms with van der Waals surface area (Å²) in [6, 6.07) is 29.2. The zero-order valence-corrected chi connectivity index (χ0v) is 25.8.